The fraction of sp³-hybridized carbons (Fsp3) is 0.143. The van der Waals surface area contributed by atoms with Crippen molar-refractivity contribution in [3.63, 3.8) is 0 Å². The minimum absolute atomic E-state index is 0.00448. The molecule has 0 radical (unpaired) electrons. The van der Waals surface area contributed by atoms with Crippen LogP contribution in [0.1, 0.15) is 34.5 Å². The predicted molar refractivity (Wildman–Crippen MR) is 97.1 cm³/mol. The van der Waals surface area contributed by atoms with Crippen LogP contribution >= 0.6 is 0 Å². The van der Waals surface area contributed by atoms with Gasteiger partial charge in [0.25, 0.3) is 5.69 Å². The lowest BCUT2D eigenvalue weighted by Gasteiger charge is -2.25. The molecule has 2 aromatic carbocycles. The van der Waals surface area contributed by atoms with Crippen molar-refractivity contribution in [2.45, 2.75) is 18.9 Å². The fourth-order valence-electron chi connectivity index (χ4n) is 3.06. The molecule has 0 saturated heterocycles. The molecule has 126 valence electrons. The van der Waals surface area contributed by atoms with Gasteiger partial charge >= 0.3 is 5.91 Å². The Hall–Kier alpha value is -3.14. The highest BCUT2D eigenvalue weighted by molar-refractivity contribution is 5.91. The number of rotatable bonds is 5. The Balaban J connectivity index is 1.89. The van der Waals surface area contributed by atoms with E-state index in [0.717, 1.165) is 11.1 Å². The summed E-state index contributed by atoms with van der Waals surface area (Å²) >= 11 is 0. The van der Waals surface area contributed by atoms with Gasteiger partial charge in [-0.1, -0.05) is 60.7 Å². The molecule has 25 heavy (non-hydrogen) atoms. The second-order valence-electron chi connectivity index (χ2n) is 5.97. The molecule has 1 aromatic heterocycles. The summed E-state index contributed by atoms with van der Waals surface area (Å²) in [6.07, 6.45) is 1.32. The van der Waals surface area contributed by atoms with Crippen LogP contribution in [-0.2, 0) is 0 Å². The van der Waals surface area contributed by atoms with Gasteiger partial charge in [0.15, 0.2) is 6.20 Å². The first-order valence-electron chi connectivity index (χ1n) is 8.26. The van der Waals surface area contributed by atoms with Crippen molar-refractivity contribution in [3.05, 3.63) is 107 Å². The van der Waals surface area contributed by atoms with E-state index >= 15 is 0 Å². The molecule has 0 spiro atoms. The zero-order chi connectivity index (χ0) is 17.6. The van der Waals surface area contributed by atoms with E-state index in [1.807, 2.05) is 43.3 Å². The number of hydrogen-bond acceptors (Lipinski definition) is 2. The number of carbonyl (C=O) groups is 1. The maximum atomic E-state index is 12.5. The van der Waals surface area contributed by atoms with Crippen molar-refractivity contribution in [2.75, 3.05) is 0 Å². The van der Waals surface area contributed by atoms with E-state index in [2.05, 4.69) is 29.6 Å². The number of amides is 1. The molecule has 1 amide bonds. The Labute approximate surface area is 147 Å². The molecule has 0 aliphatic heterocycles. The number of hydrogen-bond donors (Lipinski definition) is 1. The van der Waals surface area contributed by atoms with Crippen molar-refractivity contribution >= 4 is 5.91 Å². The quantitative estimate of drug-likeness (QED) is 0.576. The largest absolute Gasteiger partial charge is 0.618 e. The van der Waals surface area contributed by atoms with Gasteiger partial charge in [-0.15, -0.1) is 0 Å². The monoisotopic (exact) mass is 332 g/mol. The highest BCUT2D eigenvalue weighted by Crippen LogP contribution is 2.28. The SMILES string of the molecule is CC(NC(=O)c1cccc[n+]1[O-])C(c1ccccc1)c1ccccc1. The molecule has 0 fully saturated rings. The standard InChI is InChI=1S/C21H20N2O2/c1-16(22-21(24)19-14-8-9-15-23(19)25)20(17-10-4-2-5-11-17)18-12-6-3-7-13-18/h2-16,20H,1H3,(H,22,24). The molecule has 0 saturated carbocycles. The second-order valence-corrected chi connectivity index (χ2v) is 5.97. The van der Waals surface area contributed by atoms with Crippen LogP contribution in [0.3, 0.4) is 0 Å². The Kier molecular flexibility index (Phi) is 5.09. The number of pyridine rings is 1. The first-order chi connectivity index (χ1) is 12.2. The van der Waals surface area contributed by atoms with Crippen LogP contribution in [0.25, 0.3) is 0 Å². The van der Waals surface area contributed by atoms with Crippen LogP contribution in [-0.4, -0.2) is 11.9 Å². The maximum Gasteiger partial charge on any atom is 0.317 e. The van der Waals surface area contributed by atoms with Crippen molar-refractivity contribution < 1.29 is 9.52 Å². The van der Waals surface area contributed by atoms with Gasteiger partial charge < -0.3 is 10.5 Å². The van der Waals surface area contributed by atoms with E-state index in [0.29, 0.717) is 4.73 Å². The van der Waals surface area contributed by atoms with Crippen molar-refractivity contribution in [3.8, 4) is 0 Å². The lowest BCUT2D eigenvalue weighted by Crippen LogP contribution is -2.44. The zero-order valence-corrected chi connectivity index (χ0v) is 14.0. The van der Waals surface area contributed by atoms with Gasteiger partial charge in [-0.25, -0.2) is 0 Å². The average molecular weight is 332 g/mol. The van der Waals surface area contributed by atoms with Crippen LogP contribution in [0.15, 0.2) is 85.1 Å². The predicted octanol–water partition coefficient (Wildman–Crippen LogP) is 3.27. The average Bonchev–Trinajstić information content (AvgIpc) is 2.64. The number of nitrogens with zero attached hydrogens (tertiary/aromatic N) is 1. The summed E-state index contributed by atoms with van der Waals surface area (Å²) < 4.78 is 0.585. The maximum absolute atomic E-state index is 12.5. The molecule has 1 atom stereocenters. The zero-order valence-electron chi connectivity index (χ0n) is 14.0. The fourth-order valence-corrected chi connectivity index (χ4v) is 3.06. The summed E-state index contributed by atoms with van der Waals surface area (Å²) in [4.78, 5) is 12.5. The van der Waals surface area contributed by atoms with E-state index in [1.165, 1.54) is 12.3 Å². The Bertz CT molecular complexity index is 795. The molecule has 4 heteroatoms. The number of carbonyl (C=O) groups excluding carboxylic acids is 1. The van der Waals surface area contributed by atoms with Crippen molar-refractivity contribution in [1.29, 1.82) is 0 Å². The summed E-state index contributed by atoms with van der Waals surface area (Å²) in [7, 11) is 0. The van der Waals surface area contributed by atoms with Crippen molar-refractivity contribution in [2.24, 2.45) is 0 Å². The molecule has 1 heterocycles. The van der Waals surface area contributed by atoms with Gasteiger partial charge in [-0.3, -0.25) is 4.79 Å². The summed E-state index contributed by atoms with van der Waals surface area (Å²) in [5, 5.41) is 14.8. The third kappa shape index (κ3) is 3.86. The van der Waals surface area contributed by atoms with Gasteiger partial charge in [-0.05, 0) is 24.1 Å². The van der Waals surface area contributed by atoms with E-state index in [9.17, 15) is 10.0 Å². The molecule has 1 unspecified atom stereocenters. The van der Waals surface area contributed by atoms with E-state index < -0.39 is 0 Å². The van der Waals surface area contributed by atoms with Gasteiger partial charge in [-0.2, -0.15) is 4.73 Å². The molecular weight excluding hydrogens is 312 g/mol. The van der Waals surface area contributed by atoms with Crippen molar-refractivity contribution in [1.82, 2.24) is 5.32 Å². The molecule has 0 bridgehead atoms. The number of aromatic nitrogens is 1. The number of nitrogens with one attached hydrogen (secondary N) is 1. The normalized spacial score (nSPS) is 11.9. The Morgan fingerprint density at radius 2 is 1.40 bits per heavy atom. The summed E-state index contributed by atoms with van der Waals surface area (Å²) in [5.41, 5.74) is 2.32. The van der Waals surface area contributed by atoms with E-state index in [4.69, 9.17) is 0 Å². The van der Waals surface area contributed by atoms with Crippen LogP contribution in [0, 0.1) is 5.21 Å². The van der Waals surface area contributed by atoms with Gasteiger partial charge in [0, 0.05) is 24.1 Å². The third-order valence-corrected chi connectivity index (χ3v) is 4.23. The summed E-state index contributed by atoms with van der Waals surface area (Å²) in [5.74, 6) is -0.380. The summed E-state index contributed by atoms with van der Waals surface area (Å²) in [6.45, 7) is 1.96. The molecule has 0 aliphatic rings. The molecule has 4 nitrogen and oxygen atoms in total. The smallest absolute Gasteiger partial charge is 0.317 e. The lowest BCUT2D eigenvalue weighted by molar-refractivity contribution is -0.607. The molecule has 1 N–H and O–H groups in total. The van der Waals surface area contributed by atoms with E-state index in [1.54, 1.807) is 12.1 Å². The molecule has 0 aliphatic carbocycles. The number of benzene rings is 2. The third-order valence-electron chi connectivity index (χ3n) is 4.23. The summed E-state index contributed by atoms with van der Waals surface area (Å²) in [6, 6.07) is 24.7. The van der Waals surface area contributed by atoms with Crippen LogP contribution < -0.4 is 10.0 Å². The topological polar surface area (TPSA) is 56.0 Å². The van der Waals surface area contributed by atoms with Crippen LogP contribution in [0.4, 0.5) is 0 Å². The highest BCUT2D eigenvalue weighted by atomic mass is 16.5. The molecule has 3 rings (SSSR count). The first-order valence-corrected chi connectivity index (χ1v) is 8.26. The lowest BCUT2D eigenvalue weighted by atomic mass is 9.86. The van der Waals surface area contributed by atoms with Crippen LogP contribution in [0.2, 0.25) is 0 Å². The van der Waals surface area contributed by atoms with Gasteiger partial charge in [0.2, 0.25) is 0 Å². The Morgan fingerprint density at radius 3 is 1.92 bits per heavy atom. The highest BCUT2D eigenvalue weighted by Gasteiger charge is 2.25. The molecule has 3 aromatic rings. The minimum atomic E-state index is -0.375. The second kappa shape index (κ2) is 7.62. The first kappa shape index (κ1) is 16.7. The van der Waals surface area contributed by atoms with Gasteiger partial charge in [0.05, 0.1) is 0 Å². The Morgan fingerprint density at radius 1 is 0.880 bits per heavy atom. The van der Waals surface area contributed by atoms with Crippen LogP contribution in [0.5, 0.6) is 0 Å². The molecular formula is C21H20N2O2. The minimum Gasteiger partial charge on any atom is -0.618 e. The van der Waals surface area contributed by atoms with Gasteiger partial charge in [0.1, 0.15) is 0 Å². The van der Waals surface area contributed by atoms with E-state index in [-0.39, 0.29) is 23.6 Å².